The Kier molecular flexibility index (Phi) is 8.84. The molecule has 1 aromatic rings. The molecule has 2 unspecified atom stereocenters. The Labute approximate surface area is 209 Å². The molecule has 0 heterocycles. The van der Waals surface area contributed by atoms with E-state index >= 15 is 0 Å². The lowest BCUT2D eigenvalue weighted by Gasteiger charge is -2.44. The van der Waals surface area contributed by atoms with Crippen molar-refractivity contribution in [3.63, 3.8) is 0 Å². The van der Waals surface area contributed by atoms with Crippen LogP contribution in [0.25, 0.3) is 0 Å². The number of carbonyl (C=O) groups excluding carboxylic acids is 3. The van der Waals surface area contributed by atoms with Crippen molar-refractivity contribution in [2.45, 2.75) is 111 Å². The summed E-state index contributed by atoms with van der Waals surface area (Å²) in [5.74, 6) is -1.01. The standard InChI is InChI=1S/C27H43N3O5/c1-16(2)20(28-25(34)35-27(7,8)9)24(33)30(18-13-11-14-18)21(23(32)29-26(4,5)6)19-15-10-12-17(3)22(19)31/h10,12,15-16,18,20-21,31H,11,13-14H2,1-9H3,(H,28,34)(H,29,32). The molecule has 2 rings (SSSR count). The highest BCUT2D eigenvalue weighted by molar-refractivity contribution is 5.93. The minimum Gasteiger partial charge on any atom is -0.507 e. The molecule has 0 bridgehead atoms. The summed E-state index contributed by atoms with van der Waals surface area (Å²) in [6.07, 6.45) is 1.74. The summed E-state index contributed by atoms with van der Waals surface area (Å²) in [6.45, 7) is 16.3. The van der Waals surface area contributed by atoms with Gasteiger partial charge in [0.25, 0.3) is 0 Å². The largest absolute Gasteiger partial charge is 0.507 e. The van der Waals surface area contributed by atoms with Gasteiger partial charge in [0.15, 0.2) is 0 Å². The Bertz CT molecular complexity index is 926. The molecule has 0 saturated heterocycles. The topological polar surface area (TPSA) is 108 Å². The van der Waals surface area contributed by atoms with Crippen molar-refractivity contribution in [3.8, 4) is 5.75 Å². The van der Waals surface area contributed by atoms with E-state index in [1.54, 1.807) is 50.8 Å². The summed E-state index contributed by atoms with van der Waals surface area (Å²) in [6, 6.07) is 3.08. The van der Waals surface area contributed by atoms with E-state index in [2.05, 4.69) is 10.6 Å². The molecule has 2 atom stereocenters. The first-order chi connectivity index (χ1) is 16.0. The van der Waals surface area contributed by atoms with Crippen LogP contribution in [0.2, 0.25) is 0 Å². The van der Waals surface area contributed by atoms with Gasteiger partial charge in [-0.1, -0.05) is 32.0 Å². The average molecular weight is 490 g/mol. The fourth-order valence-electron chi connectivity index (χ4n) is 4.05. The summed E-state index contributed by atoms with van der Waals surface area (Å²) < 4.78 is 5.40. The first-order valence-electron chi connectivity index (χ1n) is 12.4. The Morgan fingerprint density at radius 1 is 1.09 bits per heavy atom. The van der Waals surface area contributed by atoms with Crippen LogP contribution >= 0.6 is 0 Å². The number of hydrogen-bond acceptors (Lipinski definition) is 5. The molecule has 1 saturated carbocycles. The lowest BCUT2D eigenvalue weighted by atomic mass is 9.86. The van der Waals surface area contributed by atoms with E-state index in [1.165, 1.54) is 0 Å². The van der Waals surface area contributed by atoms with Gasteiger partial charge in [0.1, 0.15) is 23.4 Å². The van der Waals surface area contributed by atoms with E-state index in [4.69, 9.17) is 4.74 Å². The molecule has 196 valence electrons. The molecule has 0 aliphatic heterocycles. The quantitative estimate of drug-likeness (QED) is 0.519. The van der Waals surface area contributed by atoms with Gasteiger partial charge in [-0.05, 0) is 79.2 Å². The molecule has 8 nitrogen and oxygen atoms in total. The number of aryl methyl sites for hydroxylation is 1. The lowest BCUT2D eigenvalue weighted by molar-refractivity contribution is -0.149. The van der Waals surface area contributed by atoms with Gasteiger partial charge in [-0.2, -0.15) is 0 Å². The highest BCUT2D eigenvalue weighted by atomic mass is 16.6. The van der Waals surface area contributed by atoms with Crippen molar-refractivity contribution in [2.24, 2.45) is 5.92 Å². The van der Waals surface area contributed by atoms with Crippen LogP contribution in [0.4, 0.5) is 4.79 Å². The third kappa shape index (κ3) is 7.61. The number of nitrogens with zero attached hydrogens (tertiary/aromatic N) is 1. The Morgan fingerprint density at radius 2 is 1.69 bits per heavy atom. The zero-order chi connectivity index (χ0) is 26.7. The van der Waals surface area contributed by atoms with Crippen molar-refractivity contribution in [1.82, 2.24) is 15.5 Å². The SMILES string of the molecule is Cc1cccc(C(C(=O)NC(C)(C)C)N(C(=O)C(NC(=O)OC(C)(C)C)C(C)C)C2CCC2)c1O. The van der Waals surface area contributed by atoms with Crippen LogP contribution in [0.15, 0.2) is 18.2 Å². The fourth-order valence-corrected chi connectivity index (χ4v) is 4.05. The van der Waals surface area contributed by atoms with Gasteiger partial charge >= 0.3 is 6.09 Å². The Balaban J connectivity index is 2.56. The van der Waals surface area contributed by atoms with E-state index in [-0.39, 0.29) is 29.5 Å². The van der Waals surface area contributed by atoms with Crippen LogP contribution in [0.5, 0.6) is 5.75 Å². The van der Waals surface area contributed by atoms with Gasteiger partial charge in [-0.3, -0.25) is 9.59 Å². The smallest absolute Gasteiger partial charge is 0.408 e. The minimum absolute atomic E-state index is 0.0140. The van der Waals surface area contributed by atoms with Gasteiger partial charge in [0, 0.05) is 17.1 Å². The zero-order valence-electron chi connectivity index (χ0n) is 22.7. The van der Waals surface area contributed by atoms with Crippen LogP contribution in [0.3, 0.4) is 0 Å². The van der Waals surface area contributed by atoms with Crippen LogP contribution < -0.4 is 10.6 Å². The number of phenolic OH excluding ortho intramolecular Hbond substituents is 1. The Morgan fingerprint density at radius 3 is 2.14 bits per heavy atom. The molecule has 1 aliphatic carbocycles. The maximum absolute atomic E-state index is 14.1. The van der Waals surface area contributed by atoms with E-state index in [0.29, 0.717) is 11.1 Å². The van der Waals surface area contributed by atoms with Crippen molar-refractivity contribution >= 4 is 17.9 Å². The zero-order valence-corrected chi connectivity index (χ0v) is 22.7. The third-order valence-corrected chi connectivity index (χ3v) is 5.92. The number of nitrogens with one attached hydrogen (secondary N) is 2. The maximum atomic E-state index is 14.1. The summed E-state index contributed by atoms with van der Waals surface area (Å²) in [4.78, 5) is 41.9. The Hall–Kier alpha value is -2.77. The number of hydrogen-bond donors (Lipinski definition) is 3. The number of ether oxygens (including phenoxy) is 1. The van der Waals surface area contributed by atoms with Crippen LogP contribution in [-0.2, 0) is 14.3 Å². The normalized spacial score (nSPS) is 16.2. The van der Waals surface area contributed by atoms with Crippen LogP contribution in [0, 0.1) is 12.8 Å². The van der Waals surface area contributed by atoms with Gasteiger partial charge in [-0.25, -0.2) is 4.79 Å². The first kappa shape index (κ1) is 28.5. The predicted octanol–water partition coefficient (Wildman–Crippen LogP) is 4.59. The fraction of sp³-hybridized carbons (Fsp3) is 0.667. The molecule has 8 heteroatoms. The average Bonchev–Trinajstić information content (AvgIpc) is 2.63. The van der Waals surface area contributed by atoms with Crippen molar-refractivity contribution in [1.29, 1.82) is 0 Å². The summed E-state index contributed by atoms with van der Waals surface area (Å²) in [5.41, 5.74) is -0.281. The lowest BCUT2D eigenvalue weighted by Crippen LogP contribution is -2.59. The minimum atomic E-state index is -1.05. The summed E-state index contributed by atoms with van der Waals surface area (Å²) in [7, 11) is 0. The summed E-state index contributed by atoms with van der Waals surface area (Å²) in [5, 5.41) is 16.6. The van der Waals surface area contributed by atoms with E-state index in [0.717, 1.165) is 19.3 Å². The van der Waals surface area contributed by atoms with Gasteiger partial charge in [0.05, 0.1) is 0 Å². The molecule has 0 spiro atoms. The van der Waals surface area contributed by atoms with Gasteiger partial charge in [-0.15, -0.1) is 0 Å². The molecule has 0 radical (unpaired) electrons. The van der Waals surface area contributed by atoms with Gasteiger partial charge in [0.2, 0.25) is 11.8 Å². The third-order valence-electron chi connectivity index (χ3n) is 5.92. The summed E-state index contributed by atoms with van der Waals surface area (Å²) >= 11 is 0. The van der Waals surface area contributed by atoms with Gasteiger partial charge < -0.3 is 25.4 Å². The highest BCUT2D eigenvalue weighted by Crippen LogP contribution is 2.38. The molecule has 35 heavy (non-hydrogen) atoms. The monoisotopic (exact) mass is 489 g/mol. The van der Waals surface area contributed by atoms with E-state index < -0.39 is 29.3 Å². The highest BCUT2D eigenvalue weighted by Gasteiger charge is 2.44. The number of alkyl carbamates (subject to hydrolysis) is 1. The van der Waals surface area contributed by atoms with Crippen LogP contribution in [-0.4, -0.2) is 51.1 Å². The number of carbonyl (C=O) groups is 3. The molecule has 1 fully saturated rings. The maximum Gasteiger partial charge on any atom is 0.408 e. The molecule has 0 aromatic heterocycles. The van der Waals surface area contributed by atoms with Crippen molar-refractivity contribution < 1.29 is 24.2 Å². The molecule has 3 amide bonds. The van der Waals surface area contributed by atoms with Crippen molar-refractivity contribution in [3.05, 3.63) is 29.3 Å². The number of para-hydroxylation sites is 1. The molecular formula is C27H43N3O5. The number of aromatic hydroxyl groups is 1. The van der Waals surface area contributed by atoms with Crippen molar-refractivity contribution in [2.75, 3.05) is 0 Å². The molecular weight excluding hydrogens is 446 g/mol. The van der Waals surface area contributed by atoms with E-state index in [1.807, 2.05) is 34.6 Å². The second kappa shape index (κ2) is 10.9. The molecule has 1 aromatic carbocycles. The number of rotatable bonds is 7. The number of phenols is 1. The van der Waals surface area contributed by atoms with E-state index in [9.17, 15) is 19.5 Å². The van der Waals surface area contributed by atoms with Crippen LogP contribution in [0.1, 0.15) is 91.8 Å². The number of amides is 3. The second-order valence-corrected chi connectivity index (χ2v) is 11.9. The second-order valence-electron chi connectivity index (χ2n) is 11.9. The molecule has 1 aliphatic rings. The number of benzene rings is 1. The molecule has 3 N–H and O–H groups in total. The predicted molar refractivity (Wildman–Crippen MR) is 136 cm³/mol. The first-order valence-corrected chi connectivity index (χ1v) is 12.4.